The fourth-order valence-corrected chi connectivity index (χ4v) is 10.8. The summed E-state index contributed by atoms with van der Waals surface area (Å²) in [6.07, 6.45) is 0. The normalized spacial score (nSPS) is 18.3. The Morgan fingerprint density at radius 2 is 1.11 bits per heavy atom. The predicted molar refractivity (Wildman–Crippen MR) is 200 cm³/mol. The molecular formula is C40H43BrO2PPdSi+. The van der Waals surface area contributed by atoms with E-state index in [1.165, 1.54) is 21.7 Å². The number of halogens is 1. The Kier molecular flexibility index (Phi) is 13.8. The quantitative estimate of drug-likeness (QED) is 0.0643. The average molecular weight is 801 g/mol. The van der Waals surface area contributed by atoms with Crippen LogP contribution in [-0.2, 0) is 21.9 Å². The molecule has 1 saturated carbocycles. The zero-order chi connectivity index (χ0) is 33.0. The molecule has 1 aliphatic carbocycles. The second kappa shape index (κ2) is 17.5. The molecule has 5 aromatic carbocycles. The van der Waals surface area contributed by atoms with E-state index < -0.39 is 16.0 Å². The molecule has 0 aromatic heterocycles. The van der Waals surface area contributed by atoms with E-state index in [0.717, 1.165) is 6.04 Å². The number of ether oxygens (including phenoxy) is 1. The van der Waals surface area contributed by atoms with Crippen LogP contribution in [0.25, 0.3) is 0 Å². The number of esters is 1. The van der Waals surface area contributed by atoms with Crippen molar-refractivity contribution in [3.8, 4) is 0 Å². The molecule has 2 atom stereocenters. The van der Waals surface area contributed by atoms with E-state index in [1.807, 2.05) is 0 Å². The van der Waals surface area contributed by atoms with Gasteiger partial charge < -0.3 is 4.74 Å². The van der Waals surface area contributed by atoms with Crippen LogP contribution in [-0.4, -0.2) is 25.8 Å². The van der Waals surface area contributed by atoms with Gasteiger partial charge in [-0.25, -0.2) is 4.79 Å². The summed E-state index contributed by atoms with van der Waals surface area (Å²) in [6.45, 7) is 9.86. The zero-order valence-electron chi connectivity index (χ0n) is 26.9. The molecule has 0 unspecified atom stereocenters. The van der Waals surface area contributed by atoms with Crippen LogP contribution in [0.15, 0.2) is 146 Å². The van der Waals surface area contributed by atoms with Gasteiger partial charge in [0.15, 0.2) is 0 Å². The topological polar surface area (TPSA) is 26.3 Å². The Bertz CT molecular complexity index is 1520. The second-order valence-electron chi connectivity index (χ2n) is 12.9. The monoisotopic (exact) mass is 799 g/mol. The van der Waals surface area contributed by atoms with Crippen molar-refractivity contribution in [3.05, 3.63) is 168 Å². The molecule has 0 saturated heterocycles. The Morgan fingerprint density at radius 1 is 0.717 bits per heavy atom. The standard InChI is InChI=1S/C28H25P.C12H17O2Si.BrH.Pd/c1-28(29(24-18-10-4-11-19-24)25-20-12-5-13-21-25)26(22-14-6-2-7-15-22)27(28)23-16-8-3-9-17-23;1-15(2,3)10-9-14-12(13)11-7-5-4-6-8-11;;/h2-21,26-27H,1H3;5-8H,9-10H2,1-3H3;1H;/q;-1;;+2/t26-,27-;;;/m1.../s1. The van der Waals surface area contributed by atoms with Crippen LogP contribution in [0.4, 0.5) is 0 Å². The van der Waals surface area contributed by atoms with E-state index in [0.29, 0.717) is 24.0 Å². The number of carbonyl (C=O) groups is 1. The van der Waals surface area contributed by atoms with Gasteiger partial charge in [0.05, 0.1) is 30.3 Å². The first kappa shape index (κ1) is 36.2. The van der Waals surface area contributed by atoms with Crippen molar-refractivity contribution in [2.75, 3.05) is 6.61 Å². The van der Waals surface area contributed by atoms with Gasteiger partial charge in [0.1, 0.15) is 0 Å². The van der Waals surface area contributed by atoms with Gasteiger partial charge in [-0.3, -0.25) is 0 Å². The molecule has 1 aliphatic rings. The minimum absolute atomic E-state index is 0.218. The van der Waals surface area contributed by atoms with E-state index in [2.05, 4.69) is 185 Å². The molecule has 0 N–H and O–H groups in total. The maximum atomic E-state index is 11.5. The van der Waals surface area contributed by atoms with E-state index in [9.17, 15) is 4.79 Å². The number of carbonyl (C=O) groups excluding carboxylic acids is 1. The fourth-order valence-electron chi connectivity index (χ4n) is 6.28. The first-order valence-corrected chi connectivity index (χ1v) is 24.4. The summed E-state index contributed by atoms with van der Waals surface area (Å²) in [5.41, 5.74) is 3.54. The molecule has 5 aromatic rings. The fraction of sp³-hybridized carbons (Fsp3) is 0.225. The second-order valence-corrected chi connectivity index (χ2v) is 21.5. The van der Waals surface area contributed by atoms with Crippen LogP contribution in [0.3, 0.4) is 0 Å². The summed E-state index contributed by atoms with van der Waals surface area (Å²) >= 11 is 5.35. The maximum absolute atomic E-state index is 11.5. The first-order chi connectivity index (χ1) is 22.3. The zero-order valence-corrected chi connectivity index (χ0v) is 32.1. The van der Waals surface area contributed by atoms with Crippen molar-refractivity contribution in [1.29, 1.82) is 0 Å². The van der Waals surface area contributed by atoms with Gasteiger partial charge >= 0.3 is 36.6 Å². The third kappa shape index (κ3) is 9.47. The van der Waals surface area contributed by atoms with Gasteiger partial charge in [-0.1, -0.05) is 117 Å². The summed E-state index contributed by atoms with van der Waals surface area (Å²) in [4.78, 5) is 11.5. The molecule has 46 heavy (non-hydrogen) atoms. The van der Waals surface area contributed by atoms with Gasteiger partial charge in [0.2, 0.25) is 0 Å². The van der Waals surface area contributed by atoms with Crippen LogP contribution in [0.5, 0.6) is 0 Å². The molecule has 2 nitrogen and oxygen atoms in total. The van der Waals surface area contributed by atoms with Crippen molar-refractivity contribution in [3.63, 3.8) is 0 Å². The molecule has 1 fully saturated rings. The van der Waals surface area contributed by atoms with Crippen LogP contribution < -0.4 is 10.6 Å². The number of hydrogen-bond donors (Lipinski definition) is 0. The summed E-state index contributed by atoms with van der Waals surface area (Å²) in [6, 6.07) is 55.5. The Morgan fingerprint density at radius 3 is 1.50 bits per heavy atom. The van der Waals surface area contributed by atoms with E-state index in [1.54, 1.807) is 24.3 Å². The molecule has 0 heterocycles. The first-order valence-electron chi connectivity index (χ1n) is 15.6. The summed E-state index contributed by atoms with van der Waals surface area (Å²) in [5.74, 6) is 0.850. The third-order valence-electron chi connectivity index (χ3n) is 8.54. The van der Waals surface area contributed by atoms with Gasteiger partial charge in [0, 0.05) is 19.9 Å². The van der Waals surface area contributed by atoms with Crippen LogP contribution >= 0.6 is 21.4 Å². The number of rotatable bonds is 9. The van der Waals surface area contributed by atoms with Crippen LogP contribution in [0.1, 0.15) is 40.2 Å². The molecule has 0 bridgehead atoms. The average Bonchev–Trinajstić information content (AvgIpc) is 3.72. The molecule has 0 aliphatic heterocycles. The van der Waals surface area contributed by atoms with Gasteiger partial charge in [0.25, 0.3) is 0 Å². The molecule has 0 spiro atoms. The predicted octanol–water partition coefficient (Wildman–Crippen LogP) is 10.0. The Hall–Kier alpha value is -2.64. The molecule has 240 valence electrons. The molecule has 0 radical (unpaired) electrons. The molecule has 6 rings (SSSR count). The summed E-state index contributed by atoms with van der Waals surface area (Å²) in [7, 11) is -2.10. The Labute approximate surface area is 295 Å². The SMILES string of the molecule is CC1([PH+](c2ccccc2)c2ccccc2)[C@H](c2ccccc2)[C@H]1c1ccccc1.C[Si](C)(C)CCOC(=O)c1cc[c-]cc1.[Br][Pd+]. The molecular weight excluding hydrogens is 758 g/mol. The summed E-state index contributed by atoms with van der Waals surface area (Å²) < 4.78 is 5.19. The van der Waals surface area contributed by atoms with Crippen LogP contribution in [0.2, 0.25) is 25.7 Å². The Balaban J connectivity index is 0.000000240. The van der Waals surface area contributed by atoms with E-state index in [4.69, 9.17) is 4.74 Å². The van der Waals surface area contributed by atoms with Crippen LogP contribution in [0, 0.1) is 6.07 Å². The van der Waals surface area contributed by atoms with Crippen molar-refractivity contribution in [2.45, 2.75) is 49.6 Å². The van der Waals surface area contributed by atoms with Gasteiger partial charge in [-0.15, -0.1) is 0 Å². The minimum atomic E-state index is -1.11. The van der Waals surface area contributed by atoms with Crippen molar-refractivity contribution >= 4 is 46.0 Å². The van der Waals surface area contributed by atoms with Crippen molar-refractivity contribution in [2.24, 2.45) is 0 Å². The van der Waals surface area contributed by atoms with Crippen molar-refractivity contribution < 1.29 is 26.7 Å². The third-order valence-corrected chi connectivity index (χ3v) is 13.8. The number of benzene rings is 5. The summed E-state index contributed by atoms with van der Waals surface area (Å²) in [5, 5.41) is 3.23. The molecule has 6 heteroatoms. The van der Waals surface area contributed by atoms with E-state index >= 15 is 0 Å². The van der Waals surface area contributed by atoms with Gasteiger partial charge in [-0.2, -0.15) is 30.3 Å². The van der Waals surface area contributed by atoms with Gasteiger partial charge in [-0.05, 0) is 53.9 Å². The molecule has 0 amide bonds. The van der Waals surface area contributed by atoms with E-state index in [-0.39, 0.29) is 11.1 Å². The van der Waals surface area contributed by atoms with Crippen molar-refractivity contribution in [1.82, 2.24) is 0 Å². The number of hydrogen-bond acceptors (Lipinski definition) is 2.